The summed E-state index contributed by atoms with van der Waals surface area (Å²) in [6, 6.07) is 4.59. The van der Waals surface area contributed by atoms with Crippen molar-refractivity contribution in [1.29, 1.82) is 0 Å². The van der Waals surface area contributed by atoms with E-state index in [1.807, 2.05) is 0 Å². The maximum atomic E-state index is 9.75. The SMILES string of the molecule is COc1cccc([C@H](N)[C@H](C)N)c1O. The monoisotopic (exact) mass is 196 g/mol. The van der Waals surface area contributed by atoms with Gasteiger partial charge in [-0.1, -0.05) is 12.1 Å². The lowest BCUT2D eigenvalue weighted by Crippen LogP contribution is -2.31. The fraction of sp³-hybridized carbons (Fsp3) is 0.400. The molecule has 1 rings (SSSR count). The van der Waals surface area contributed by atoms with Crippen LogP contribution in [0.4, 0.5) is 0 Å². The summed E-state index contributed by atoms with van der Waals surface area (Å²) in [5, 5.41) is 9.75. The molecule has 0 amide bonds. The van der Waals surface area contributed by atoms with Gasteiger partial charge in [-0.15, -0.1) is 0 Å². The third-order valence-corrected chi connectivity index (χ3v) is 2.18. The molecule has 78 valence electrons. The van der Waals surface area contributed by atoms with Crippen molar-refractivity contribution in [2.24, 2.45) is 11.5 Å². The first-order valence-electron chi connectivity index (χ1n) is 4.45. The molecule has 4 nitrogen and oxygen atoms in total. The standard InChI is InChI=1S/C10H16N2O2/c1-6(11)9(12)7-4-3-5-8(14-2)10(7)13/h3-6,9,13H,11-12H2,1-2H3/t6-,9+/m0/s1. The van der Waals surface area contributed by atoms with Crippen LogP contribution in [0.3, 0.4) is 0 Å². The van der Waals surface area contributed by atoms with Crippen molar-refractivity contribution in [2.75, 3.05) is 7.11 Å². The number of methoxy groups -OCH3 is 1. The Morgan fingerprint density at radius 3 is 2.50 bits per heavy atom. The van der Waals surface area contributed by atoms with Crippen LogP contribution < -0.4 is 16.2 Å². The predicted octanol–water partition coefficient (Wildman–Crippen LogP) is 0.748. The number of nitrogens with two attached hydrogens (primary N) is 2. The number of phenols is 1. The van der Waals surface area contributed by atoms with E-state index in [4.69, 9.17) is 16.2 Å². The highest BCUT2D eigenvalue weighted by Crippen LogP contribution is 2.33. The van der Waals surface area contributed by atoms with Gasteiger partial charge in [0.25, 0.3) is 0 Å². The molecule has 1 aromatic carbocycles. The molecule has 0 aromatic heterocycles. The van der Waals surface area contributed by atoms with Gasteiger partial charge in [0, 0.05) is 17.6 Å². The Balaban J connectivity index is 3.09. The Kier molecular flexibility index (Phi) is 3.33. The topological polar surface area (TPSA) is 81.5 Å². The van der Waals surface area contributed by atoms with Crippen LogP contribution in [0.15, 0.2) is 18.2 Å². The summed E-state index contributed by atoms with van der Waals surface area (Å²) in [6.07, 6.45) is 0. The van der Waals surface area contributed by atoms with E-state index in [9.17, 15) is 5.11 Å². The van der Waals surface area contributed by atoms with Gasteiger partial charge in [0.2, 0.25) is 0 Å². The molecule has 0 aliphatic rings. The van der Waals surface area contributed by atoms with Crippen LogP contribution in [0.25, 0.3) is 0 Å². The lowest BCUT2D eigenvalue weighted by atomic mass is 10.0. The van der Waals surface area contributed by atoms with E-state index in [1.165, 1.54) is 7.11 Å². The van der Waals surface area contributed by atoms with Gasteiger partial charge in [0.1, 0.15) is 0 Å². The molecule has 0 unspecified atom stereocenters. The highest BCUT2D eigenvalue weighted by molar-refractivity contribution is 5.47. The summed E-state index contributed by atoms with van der Waals surface area (Å²) in [4.78, 5) is 0. The smallest absolute Gasteiger partial charge is 0.162 e. The summed E-state index contributed by atoms with van der Waals surface area (Å²) in [6.45, 7) is 1.80. The molecule has 5 N–H and O–H groups in total. The maximum Gasteiger partial charge on any atom is 0.162 e. The van der Waals surface area contributed by atoms with E-state index in [2.05, 4.69) is 0 Å². The molecule has 4 heteroatoms. The van der Waals surface area contributed by atoms with Gasteiger partial charge in [-0.05, 0) is 13.0 Å². The summed E-state index contributed by atoms with van der Waals surface area (Å²) < 4.78 is 4.97. The lowest BCUT2D eigenvalue weighted by Gasteiger charge is -2.18. The first kappa shape index (κ1) is 10.8. The van der Waals surface area contributed by atoms with Gasteiger partial charge in [0.05, 0.1) is 7.11 Å². The van der Waals surface area contributed by atoms with Crippen LogP contribution in [-0.2, 0) is 0 Å². The Labute approximate surface area is 83.5 Å². The van der Waals surface area contributed by atoms with E-state index in [0.717, 1.165) is 0 Å². The second-order valence-electron chi connectivity index (χ2n) is 3.28. The van der Waals surface area contributed by atoms with Gasteiger partial charge < -0.3 is 21.3 Å². The molecule has 0 aliphatic heterocycles. The molecular formula is C10H16N2O2. The minimum absolute atomic E-state index is 0.0693. The molecule has 14 heavy (non-hydrogen) atoms. The number of benzene rings is 1. The van der Waals surface area contributed by atoms with Crippen LogP contribution in [0.5, 0.6) is 11.5 Å². The molecule has 2 atom stereocenters. The number of ether oxygens (including phenoxy) is 1. The summed E-state index contributed by atoms with van der Waals surface area (Å²) in [5.41, 5.74) is 12.1. The van der Waals surface area contributed by atoms with Gasteiger partial charge in [-0.25, -0.2) is 0 Å². The van der Waals surface area contributed by atoms with Crippen molar-refractivity contribution in [3.63, 3.8) is 0 Å². The first-order chi connectivity index (χ1) is 6.57. The van der Waals surface area contributed by atoms with Crippen LogP contribution in [0.1, 0.15) is 18.5 Å². The zero-order valence-corrected chi connectivity index (χ0v) is 8.40. The maximum absolute atomic E-state index is 9.75. The quantitative estimate of drug-likeness (QED) is 0.666. The Morgan fingerprint density at radius 1 is 1.36 bits per heavy atom. The highest BCUT2D eigenvalue weighted by Gasteiger charge is 2.16. The van der Waals surface area contributed by atoms with Gasteiger partial charge >= 0.3 is 0 Å². The molecule has 0 radical (unpaired) electrons. The molecule has 0 saturated heterocycles. The van der Waals surface area contributed by atoms with Crippen molar-refractivity contribution in [2.45, 2.75) is 19.0 Å². The van der Waals surface area contributed by atoms with Gasteiger partial charge in [0.15, 0.2) is 11.5 Å². The largest absolute Gasteiger partial charge is 0.504 e. The van der Waals surface area contributed by atoms with Crippen molar-refractivity contribution in [1.82, 2.24) is 0 Å². The molecule has 0 heterocycles. The van der Waals surface area contributed by atoms with Crippen molar-refractivity contribution < 1.29 is 9.84 Å². The first-order valence-corrected chi connectivity index (χ1v) is 4.45. The number of rotatable bonds is 3. The predicted molar refractivity (Wildman–Crippen MR) is 55.2 cm³/mol. The third-order valence-electron chi connectivity index (χ3n) is 2.18. The minimum Gasteiger partial charge on any atom is -0.504 e. The number of hydrogen-bond acceptors (Lipinski definition) is 4. The molecular weight excluding hydrogens is 180 g/mol. The Hall–Kier alpha value is -1.26. The molecule has 0 aliphatic carbocycles. The van der Waals surface area contributed by atoms with Gasteiger partial charge in [-0.2, -0.15) is 0 Å². The fourth-order valence-electron chi connectivity index (χ4n) is 1.26. The highest BCUT2D eigenvalue weighted by atomic mass is 16.5. The number of aromatic hydroxyl groups is 1. The van der Waals surface area contributed by atoms with Crippen LogP contribution >= 0.6 is 0 Å². The number of hydrogen-bond donors (Lipinski definition) is 3. The number of para-hydroxylation sites is 1. The minimum atomic E-state index is -0.384. The Morgan fingerprint density at radius 2 is 2.00 bits per heavy atom. The molecule has 0 saturated carbocycles. The molecule has 0 fully saturated rings. The second-order valence-corrected chi connectivity index (χ2v) is 3.28. The zero-order chi connectivity index (χ0) is 10.7. The normalized spacial score (nSPS) is 14.9. The fourth-order valence-corrected chi connectivity index (χ4v) is 1.26. The second kappa shape index (κ2) is 4.30. The van der Waals surface area contributed by atoms with E-state index >= 15 is 0 Å². The lowest BCUT2D eigenvalue weighted by molar-refractivity contribution is 0.367. The summed E-state index contributed by atoms with van der Waals surface area (Å²) in [7, 11) is 1.50. The van der Waals surface area contributed by atoms with Gasteiger partial charge in [-0.3, -0.25) is 0 Å². The summed E-state index contributed by atoms with van der Waals surface area (Å²) >= 11 is 0. The van der Waals surface area contributed by atoms with Crippen LogP contribution in [-0.4, -0.2) is 18.3 Å². The van der Waals surface area contributed by atoms with Crippen LogP contribution in [0, 0.1) is 0 Å². The van der Waals surface area contributed by atoms with E-state index in [-0.39, 0.29) is 17.8 Å². The average Bonchev–Trinajstić information content (AvgIpc) is 2.17. The Bertz CT molecular complexity index is 313. The van der Waals surface area contributed by atoms with Crippen molar-refractivity contribution >= 4 is 0 Å². The molecule has 1 aromatic rings. The number of phenolic OH excluding ortho intramolecular Hbond substituents is 1. The average molecular weight is 196 g/mol. The summed E-state index contributed by atoms with van der Waals surface area (Å²) in [5.74, 6) is 0.485. The van der Waals surface area contributed by atoms with Crippen molar-refractivity contribution in [3.8, 4) is 11.5 Å². The molecule has 0 bridgehead atoms. The van der Waals surface area contributed by atoms with Crippen molar-refractivity contribution in [3.05, 3.63) is 23.8 Å². The third kappa shape index (κ3) is 1.97. The zero-order valence-electron chi connectivity index (χ0n) is 8.40. The van der Waals surface area contributed by atoms with E-state index < -0.39 is 0 Å². The van der Waals surface area contributed by atoms with E-state index in [1.54, 1.807) is 25.1 Å². The molecule has 0 spiro atoms. The van der Waals surface area contributed by atoms with Crippen LogP contribution in [0.2, 0.25) is 0 Å². The van der Waals surface area contributed by atoms with E-state index in [0.29, 0.717) is 11.3 Å².